The van der Waals surface area contributed by atoms with Crippen molar-refractivity contribution in [1.82, 2.24) is 10.3 Å². The second kappa shape index (κ2) is 5.02. The first-order chi connectivity index (χ1) is 7.45. The number of carboxylic acids is 1. The first-order valence-corrected chi connectivity index (χ1v) is 5.31. The molecule has 0 saturated carbocycles. The van der Waals surface area contributed by atoms with Gasteiger partial charge in [0.1, 0.15) is 12.4 Å². The van der Waals surface area contributed by atoms with Gasteiger partial charge >= 0.3 is 5.97 Å². The zero-order valence-corrected chi connectivity index (χ0v) is 9.60. The number of aliphatic carboxylic acids is 1. The van der Waals surface area contributed by atoms with Gasteiger partial charge in [-0.3, -0.25) is 4.79 Å². The minimum atomic E-state index is -1.52. The van der Waals surface area contributed by atoms with Crippen LogP contribution >= 0.6 is 11.3 Å². The topological polar surface area (TPSA) is 79.3 Å². The summed E-state index contributed by atoms with van der Waals surface area (Å²) in [6.45, 7) is 2.28. The van der Waals surface area contributed by atoms with Gasteiger partial charge in [0.05, 0.1) is 5.01 Å². The largest absolute Gasteiger partial charge is 0.480 e. The first kappa shape index (κ1) is 12.6. The fourth-order valence-corrected chi connectivity index (χ4v) is 1.95. The van der Waals surface area contributed by atoms with E-state index in [1.807, 2.05) is 0 Å². The van der Waals surface area contributed by atoms with Gasteiger partial charge in [0.2, 0.25) is 0 Å². The third-order valence-electron chi connectivity index (χ3n) is 1.88. The van der Waals surface area contributed by atoms with Crippen LogP contribution in [0.3, 0.4) is 0 Å². The van der Waals surface area contributed by atoms with Crippen LogP contribution < -0.4 is 5.32 Å². The molecule has 0 aromatic carbocycles. The molecule has 0 spiro atoms. The molecule has 0 radical (unpaired) electrons. The average molecular weight is 246 g/mol. The highest BCUT2D eigenvalue weighted by molar-refractivity contribution is 7.11. The molecule has 1 atom stereocenters. The van der Waals surface area contributed by atoms with E-state index in [-0.39, 0.29) is 5.69 Å². The van der Waals surface area contributed by atoms with Gasteiger partial charge in [-0.15, -0.1) is 11.3 Å². The maximum atomic E-state index is 12.3. The lowest BCUT2D eigenvalue weighted by Crippen LogP contribution is -2.42. The summed E-state index contributed by atoms with van der Waals surface area (Å²) in [6.07, 6.45) is 0. The summed E-state index contributed by atoms with van der Waals surface area (Å²) in [7, 11) is 0. The monoisotopic (exact) mass is 246 g/mol. The van der Waals surface area contributed by atoms with Crippen LogP contribution in [0.1, 0.15) is 20.4 Å². The molecule has 1 aromatic rings. The van der Waals surface area contributed by atoms with E-state index in [1.54, 1.807) is 13.8 Å². The molecular weight excluding hydrogens is 235 g/mol. The lowest BCUT2D eigenvalue weighted by Gasteiger charge is -2.09. The van der Waals surface area contributed by atoms with Gasteiger partial charge < -0.3 is 10.4 Å². The molecule has 88 valence electrons. The zero-order valence-electron chi connectivity index (χ0n) is 8.78. The molecule has 1 aromatic heterocycles. The number of aryl methyl sites for hydroxylation is 2. The van der Waals surface area contributed by atoms with Crippen LogP contribution in [0.5, 0.6) is 0 Å². The second-order valence-electron chi connectivity index (χ2n) is 3.16. The van der Waals surface area contributed by atoms with Crippen molar-refractivity contribution in [3.63, 3.8) is 0 Å². The van der Waals surface area contributed by atoms with Gasteiger partial charge in [-0.25, -0.2) is 14.2 Å². The Labute approximate surface area is 95.3 Å². The van der Waals surface area contributed by atoms with Gasteiger partial charge in [0.25, 0.3) is 5.91 Å². The molecule has 0 fully saturated rings. The number of carbonyl (C=O) groups is 2. The minimum Gasteiger partial charge on any atom is -0.480 e. The van der Waals surface area contributed by atoms with E-state index in [0.717, 1.165) is 0 Å². The normalized spacial score (nSPS) is 12.2. The quantitative estimate of drug-likeness (QED) is 0.827. The van der Waals surface area contributed by atoms with Crippen LogP contribution in [0.15, 0.2) is 0 Å². The molecule has 1 heterocycles. The Balaban J connectivity index is 2.79. The summed E-state index contributed by atoms with van der Waals surface area (Å²) >= 11 is 1.33. The molecule has 0 aliphatic rings. The molecule has 2 N–H and O–H groups in total. The maximum Gasteiger partial charge on any atom is 0.328 e. The highest BCUT2D eigenvalue weighted by Crippen LogP contribution is 2.16. The molecule has 16 heavy (non-hydrogen) atoms. The van der Waals surface area contributed by atoms with Crippen LogP contribution in [-0.2, 0) is 4.79 Å². The fraction of sp³-hybridized carbons (Fsp3) is 0.444. The fourth-order valence-electron chi connectivity index (χ4n) is 1.13. The minimum absolute atomic E-state index is 0.155. The van der Waals surface area contributed by atoms with Crippen molar-refractivity contribution in [1.29, 1.82) is 0 Å². The standard InChI is InChI=1S/C9H11FN2O3S/c1-4-7(11-5(2)16-4)8(13)12-6(3-10)9(14)15/h6H,3H2,1-2H3,(H,12,13)(H,14,15). The maximum absolute atomic E-state index is 12.3. The van der Waals surface area contributed by atoms with Gasteiger partial charge in [-0.05, 0) is 13.8 Å². The van der Waals surface area contributed by atoms with Crippen LogP contribution in [0.25, 0.3) is 0 Å². The Morgan fingerprint density at radius 1 is 1.56 bits per heavy atom. The molecule has 7 heteroatoms. The third kappa shape index (κ3) is 2.75. The van der Waals surface area contributed by atoms with Gasteiger partial charge in [-0.1, -0.05) is 0 Å². The number of hydrogen-bond donors (Lipinski definition) is 2. The van der Waals surface area contributed by atoms with Crippen molar-refractivity contribution in [3.05, 3.63) is 15.6 Å². The second-order valence-corrected chi connectivity index (χ2v) is 4.56. The number of nitrogens with zero attached hydrogens (tertiary/aromatic N) is 1. The van der Waals surface area contributed by atoms with E-state index in [9.17, 15) is 14.0 Å². The lowest BCUT2D eigenvalue weighted by molar-refractivity contribution is -0.139. The molecular formula is C9H11FN2O3S. The number of carbonyl (C=O) groups excluding carboxylic acids is 1. The van der Waals surface area contributed by atoms with Crippen LogP contribution in [0.2, 0.25) is 0 Å². The van der Waals surface area contributed by atoms with E-state index in [2.05, 4.69) is 10.3 Å². The van der Waals surface area contributed by atoms with Crippen LogP contribution in [0.4, 0.5) is 4.39 Å². The number of amides is 1. The van der Waals surface area contributed by atoms with Crippen molar-refractivity contribution in [2.45, 2.75) is 19.9 Å². The van der Waals surface area contributed by atoms with Gasteiger partial charge in [0, 0.05) is 4.88 Å². The number of aromatic nitrogens is 1. The number of carboxylic acid groups (broad SMARTS) is 1. The summed E-state index contributed by atoms with van der Waals surface area (Å²) in [5.41, 5.74) is 0.155. The van der Waals surface area contributed by atoms with Crippen molar-refractivity contribution in [3.8, 4) is 0 Å². The van der Waals surface area contributed by atoms with Crippen molar-refractivity contribution in [2.24, 2.45) is 0 Å². The van der Waals surface area contributed by atoms with E-state index >= 15 is 0 Å². The highest BCUT2D eigenvalue weighted by atomic mass is 32.1. The smallest absolute Gasteiger partial charge is 0.328 e. The number of nitrogens with one attached hydrogen (secondary N) is 1. The van der Waals surface area contributed by atoms with Crippen molar-refractivity contribution in [2.75, 3.05) is 6.67 Å². The summed E-state index contributed by atoms with van der Waals surface area (Å²) < 4.78 is 12.3. The molecule has 1 amide bonds. The summed E-state index contributed by atoms with van der Waals surface area (Å²) in [4.78, 5) is 26.7. The van der Waals surface area contributed by atoms with E-state index in [0.29, 0.717) is 9.88 Å². The Bertz CT molecular complexity index is 419. The van der Waals surface area contributed by atoms with Crippen LogP contribution in [-0.4, -0.2) is 34.7 Å². The first-order valence-electron chi connectivity index (χ1n) is 4.49. The predicted molar refractivity (Wildman–Crippen MR) is 56.5 cm³/mol. The Morgan fingerprint density at radius 3 is 2.56 bits per heavy atom. The number of halogens is 1. The Morgan fingerprint density at radius 2 is 2.19 bits per heavy atom. The van der Waals surface area contributed by atoms with Crippen molar-refractivity contribution >= 4 is 23.2 Å². The number of alkyl halides is 1. The zero-order chi connectivity index (χ0) is 12.3. The van der Waals surface area contributed by atoms with Gasteiger partial charge in [0.15, 0.2) is 6.04 Å². The van der Waals surface area contributed by atoms with Crippen LogP contribution in [0, 0.1) is 13.8 Å². The van der Waals surface area contributed by atoms with Crippen molar-refractivity contribution < 1.29 is 19.1 Å². The van der Waals surface area contributed by atoms with E-state index in [1.165, 1.54) is 11.3 Å². The molecule has 0 aliphatic heterocycles. The molecule has 1 unspecified atom stereocenters. The summed E-state index contributed by atoms with van der Waals surface area (Å²) in [5.74, 6) is -2.06. The number of thiazole rings is 1. The van der Waals surface area contributed by atoms with Gasteiger partial charge in [-0.2, -0.15) is 0 Å². The average Bonchev–Trinajstić information content (AvgIpc) is 2.53. The highest BCUT2D eigenvalue weighted by Gasteiger charge is 2.22. The van der Waals surface area contributed by atoms with E-state index < -0.39 is 24.6 Å². The lowest BCUT2D eigenvalue weighted by atomic mass is 10.3. The Kier molecular flexibility index (Phi) is 3.94. The molecule has 5 nitrogen and oxygen atoms in total. The molecule has 0 aliphatic carbocycles. The molecule has 1 rings (SSSR count). The summed E-state index contributed by atoms with van der Waals surface area (Å²) in [5, 5.41) is 11.3. The third-order valence-corrected chi connectivity index (χ3v) is 2.76. The Hall–Kier alpha value is -1.50. The summed E-state index contributed by atoms with van der Waals surface area (Å²) in [6, 6.07) is -1.52. The molecule has 0 saturated heterocycles. The number of rotatable bonds is 4. The predicted octanol–water partition coefficient (Wildman–Crippen LogP) is 0.912. The van der Waals surface area contributed by atoms with E-state index in [4.69, 9.17) is 5.11 Å². The number of hydrogen-bond acceptors (Lipinski definition) is 4. The molecule has 0 bridgehead atoms. The SMILES string of the molecule is Cc1nc(C(=O)NC(CF)C(=O)O)c(C)s1.